The molecule has 0 atom stereocenters. The lowest BCUT2D eigenvalue weighted by molar-refractivity contribution is -0.137. The van der Waals surface area contributed by atoms with Crippen molar-refractivity contribution in [2.24, 2.45) is 17.1 Å². The van der Waals surface area contributed by atoms with Crippen LogP contribution in [0.2, 0.25) is 0 Å². The molecule has 3 aromatic heterocycles. The molecule has 1 saturated heterocycles. The van der Waals surface area contributed by atoms with Gasteiger partial charge in [-0.1, -0.05) is 13.8 Å². The number of rotatable bonds is 5. The van der Waals surface area contributed by atoms with Gasteiger partial charge in [0.25, 0.3) is 0 Å². The van der Waals surface area contributed by atoms with Gasteiger partial charge in [-0.25, -0.2) is 9.97 Å². The van der Waals surface area contributed by atoms with Gasteiger partial charge in [0.05, 0.1) is 16.7 Å². The zero-order valence-electron chi connectivity index (χ0n) is 16.5. The van der Waals surface area contributed by atoms with Crippen LogP contribution in [0, 0.1) is 11.3 Å². The second-order valence-corrected chi connectivity index (χ2v) is 8.14. The predicted octanol–water partition coefficient (Wildman–Crippen LogP) is 3.38. The van der Waals surface area contributed by atoms with Crippen LogP contribution < -0.4 is 10.6 Å². The lowest BCUT2D eigenvalue weighted by atomic mass is 9.73. The summed E-state index contributed by atoms with van der Waals surface area (Å²) in [7, 11) is 0. The Hall–Kier alpha value is -3.17. The quantitative estimate of drug-likeness (QED) is 0.662. The first kappa shape index (κ1) is 20.1. The van der Waals surface area contributed by atoms with Crippen LogP contribution in [0.1, 0.15) is 25.8 Å². The summed E-state index contributed by atoms with van der Waals surface area (Å²) in [6.07, 6.45) is -2.47. The molecule has 0 saturated carbocycles. The Morgan fingerprint density at radius 1 is 1.30 bits per heavy atom. The van der Waals surface area contributed by atoms with Gasteiger partial charge in [0.1, 0.15) is 11.5 Å². The lowest BCUT2D eigenvalue weighted by Crippen LogP contribution is -2.63. The summed E-state index contributed by atoms with van der Waals surface area (Å²) in [5.41, 5.74) is 4.26. The summed E-state index contributed by atoms with van der Waals surface area (Å²) in [5, 5.41) is 7.07. The van der Waals surface area contributed by atoms with E-state index in [1.807, 2.05) is 13.8 Å². The first-order valence-electron chi connectivity index (χ1n) is 9.53. The molecule has 0 bridgehead atoms. The number of fused-ring (bicyclic) bond motifs is 1. The molecule has 0 aromatic carbocycles. The molecule has 30 heavy (non-hydrogen) atoms. The minimum Gasteiger partial charge on any atom is -0.369 e. The largest absolute Gasteiger partial charge is 0.418 e. The monoisotopic (exact) mass is 418 g/mol. The lowest BCUT2D eigenvalue weighted by Gasteiger charge is -2.49. The molecule has 0 radical (unpaired) electrons. The van der Waals surface area contributed by atoms with Crippen LogP contribution in [-0.4, -0.2) is 39.2 Å². The Labute approximate surface area is 170 Å². The molecule has 0 spiro atoms. The van der Waals surface area contributed by atoms with Crippen molar-refractivity contribution in [2.75, 3.05) is 18.0 Å². The molecule has 3 aromatic rings. The third-order valence-corrected chi connectivity index (χ3v) is 5.39. The Morgan fingerprint density at radius 2 is 2.03 bits per heavy atom. The summed E-state index contributed by atoms with van der Waals surface area (Å²) in [6.45, 7) is 4.64. The maximum absolute atomic E-state index is 13.7. The second kappa shape index (κ2) is 6.96. The highest BCUT2D eigenvalue weighted by atomic mass is 19.4. The highest BCUT2D eigenvalue weighted by Gasteiger charge is 2.49. The third kappa shape index (κ3) is 3.35. The van der Waals surface area contributed by atoms with E-state index in [-0.39, 0.29) is 17.3 Å². The first-order chi connectivity index (χ1) is 14.1. The van der Waals surface area contributed by atoms with Crippen molar-refractivity contribution >= 4 is 22.8 Å². The number of nitrogens with one attached hydrogen (secondary N) is 1. The molecule has 7 nitrogen and oxygen atoms in total. The molecule has 1 aliphatic rings. The second-order valence-electron chi connectivity index (χ2n) is 8.14. The fourth-order valence-electron chi connectivity index (χ4n) is 4.09. The fraction of sp³-hybridized carbons (Fsp3) is 0.400. The Kier molecular flexibility index (Phi) is 4.67. The molecule has 0 aliphatic carbocycles. The van der Waals surface area contributed by atoms with E-state index in [0.29, 0.717) is 36.4 Å². The van der Waals surface area contributed by atoms with Gasteiger partial charge in [-0.3, -0.25) is 9.89 Å². The number of alkyl halides is 3. The first-order valence-corrected chi connectivity index (χ1v) is 9.53. The van der Waals surface area contributed by atoms with E-state index >= 15 is 0 Å². The smallest absolute Gasteiger partial charge is 0.369 e. The maximum atomic E-state index is 13.7. The summed E-state index contributed by atoms with van der Waals surface area (Å²) >= 11 is 0. The molecule has 3 N–H and O–H groups in total. The van der Waals surface area contributed by atoms with Crippen LogP contribution >= 0.6 is 0 Å². The number of primary amides is 1. The summed E-state index contributed by atoms with van der Waals surface area (Å²) < 4.78 is 41.0. The van der Waals surface area contributed by atoms with Crippen molar-refractivity contribution in [3.8, 4) is 11.4 Å². The van der Waals surface area contributed by atoms with Crippen molar-refractivity contribution < 1.29 is 18.0 Å². The van der Waals surface area contributed by atoms with E-state index in [1.165, 1.54) is 12.3 Å². The molecule has 1 fully saturated rings. The van der Waals surface area contributed by atoms with Crippen molar-refractivity contribution in [3.63, 3.8) is 0 Å². The molecule has 1 amide bonds. The van der Waals surface area contributed by atoms with E-state index in [9.17, 15) is 18.0 Å². The molecular formula is C20H21F3N6O. The highest BCUT2D eigenvalue weighted by Crippen LogP contribution is 2.42. The molecule has 4 rings (SSSR count). The number of H-pyrrole nitrogens is 1. The average Bonchev–Trinajstić information content (AvgIpc) is 3.06. The average molecular weight is 418 g/mol. The van der Waals surface area contributed by atoms with Crippen LogP contribution in [0.25, 0.3) is 22.4 Å². The van der Waals surface area contributed by atoms with Crippen LogP contribution in [-0.2, 0) is 11.0 Å². The third-order valence-electron chi connectivity index (χ3n) is 5.39. The van der Waals surface area contributed by atoms with Crippen molar-refractivity contribution in [1.82, 2.24) is 20.2 Å². The number of anilines is 1. The predicted molar refractivity (Wildman–Crippen MR) is 105 cm³/mol. The Morgan fingerprint density at radius 3 is 2.67 bits per heavy atom. The number of nitrogens with two attached hydrogens (primary N) is 1. The van der Waals surface area contributed by atoms with E-state index in [4.69, 9.17) is 5.73 Å². The zero-order valence-corrected chi connectivity index (χ0v) is 16.5. The summed E-state index contributed by atoms with van der Waals surface area (Å²) in [4.78, 5) is 22.1. The summed E-state index contributed by atoms with van der Waals surface area (Å²) in [6, 6.07) is 5.60. The molecule has 1 aliphatic heterocycles. The number of pyridine rings is 2. The number of carbonyl (C=O) groups excluding carboxylic acids is 1. The number of hydrogen-bond acceptors (Lipinski definition) is 5. The standard InChI is InChI=1S/C20H21F3N6O/c1-11(2)8-19(18(24)30)9-29(10-19)14-6-5-13(20(21,22)23)16(26-14)15-12-4-3-7-25-17(12)28-27-15/h3-7,11H,8-10H2,1-2H3,(H2,24,30)(H,25,27,28). The van der Waals surface area contributed by atoms with Gasteiger partial charge >= 0.3 is 6.18 Å². The van der Waals surface area contributed by atoms with Crippen LogP contribution in [0.5, 0.6) is 0 Å². The molecule has 4 heterocycles. The fourth-order valence-corrected chi connectivity index (χ4v) is 4.09. The van der Waals surface area contributed by atoms with Gasteiger partial charge in [-0.05, 0) is 36.6 Å². The van der Waals surface area contributed by atoms with Crippen molar-refractivity contribution in [2.45, 2.75) is 26.4 Å². The number of hydrogen-bond donors (Lipinski definition) is 2. The SMILES string of the molecule is CC(C)CC1(C(N)=O)CN(c2ccc(C(F)(F)F)c(-c3[nH]nc4ncccc34)n2)C1. The van der Waals surface area contributed by atoms with Crippen LogP contribution in [0.15, 0.2) is 30.5 Å². The van der Waals surface area contributed by atoms with E-state index < -0.39 is 23.1 Å². The van der Waals surface area contributed by atoms with Gasteiger partial charge in [-0.2, -0.15) is 18.3 Å². The highest BCUT2D eigenvalue weighted by molar-refractivity contribution is 5.91. The van der Waals surface area contributed by atoms with E-state index in [2.05, 4.69) is 20.2 Å². The number of aromatic nitrogens is 4. The van der Waals surface area contributed by atoms with E-state index in [1.54, 1.807) is 17.0 Å². The van der Waals surface area contributed by atoms with Crippen molar-refractivity contribution in [3.05, 3.63) is 36.0 Å². The van der Waals surface area contributed by atoms with Gasteiger partial charge in [-0.15, -0.1) is 0 Å². The van der Waals surface area contributed by atoms with Crippen LogP contribution in [0.4, 0.5) is 19.0 Å². The number of aromatic amines is 1. The Bertz CT molecular complexity index is 1100. The van der Waals surface area contributed by atoms with Gasteiger partial charge in [0.2, 0.25) is 5.91 Å². The van der Waals surface area contributed by atoms with Gasteiger partial charge < -0.3 is 10.6 Å². The molecular weight excluding hydrogens is 397 g/mol. The Balaban J connectivity index is 1.74. The van der Waals surface area contributed by atoms with E-state index in [0.717, 1.165) is 6.07 Å². The van der Waals surface area contributed by atoms with Crippen molar-refractivity contribution in [1.29, 1.82) is 0 Å². The zero-order chi connectivity index (χ0) is 21.7. The molecule has 10 heteroatoms. The summed E-state index contributed by atoms with van der Waals surface area (Å²) in [5.74, 6) is 0.218. The number of halogens is 3. The van der Waals surface area contributed by atoms with Gasteiger partial charge in [0, 0.05) is 24.7 Å². The minimum atomic E-state index is -4.59. The van der Waals surface area contributed by atoms with Crippen LogP contribution in [0.3, 0.4) is 0 Å². The topological polar surface area (TPSA) is 101 Å². The number of carbonyl (C=O) groups is 1. The molecule has 158 valence electrons. The maximum Gasteiger partial charge on any atom is 0.418 e. The minimum absolute atomic E-state index is 0.149. The molecule has 0 unspecified atom stereocenters. The number of nitrogens with zero attached hydrogens (tertiary/aromatic N) is 4. The normalized spacial score (nSPS) is 16.1. The number of amides is 1. The van der Waals surface area contributed by atoms with Gasteiger partial charge in [0.15, 0.2) is 5.65 Å².